The van der Waals surface area contributed by atoms with Crippen molar-refractivity contribution in [3.8, 4) is 17.7 Å². The predicted molar refractivity (Wildman–Crippen MR) is 131 cm³/mol. The molecule has 0 atom stereocenters. The van der Waals surface area contributed by atoms with Crippen LogP contribution in [0.15, 0.2) is 77.2 Å². The number of benzene rings is 2. The van der Waals surface area contributed by atoms with Crippen LogP contribution in [0.4, 0.5) is 5.69 Å². The zero-order valence-electron chi connectivity index (χ0n) is 17.8. The van der Waals surface area contributed by atoms with Crippen molar-refractivity contribution in [1.29, 1.82) is 5.26 Å². The van der Waals surface area contributed by atoms with Gasteiger partial charge in [0.05, 0.1) is 5.02 Å². The average Bonchev–Trinajstić information content (AvgIpc) is 2.81. The Morgan fingerprint density at radius 3 is 2.71 bits per heavy atom. The number of pyridine rings is 1. The quantitative estimate of drug-likeness (QED) is 0.288. The van der Waals surface area contributed by atoms with Crippen LogP contribution in [0.3, 0.4) is 0 Å². The molecule has 2 aromatic heterocycles. The molecule has 4 aromatic rings. The van der Waals surface area contributed by atoms with Gasteiger partial charge in [0, 0.05) is 16.9 Å². The summed E-state index contributed by atoms with van der Waals surface area (Å²) >= 11 is 12.2. The first kappa shape index (κ1) is 23.1. The molecule has 0 saturated heterocycles. The highest BCUT2D eigenvalue weighted by Crippen LogP contribution is 2.32. The number of aryl methyl sites for hydroxylation is 1. The Kier molecular flexibility index (Phi) is 6.64. The average molecular weight is 491 g/mol. The van der Waals surface area contributed by atoms with Crippen LogP contribution in [-0.4, -0.2) is 15.3 Å². The number of nitriles is 1. The lowest BCUT2D eigenvalue weighted by Gasteiger charge is -2.11. The molecule has 1 N–H and O–H groups in total. The van der Waals surface area contributed by atoms with E-state index in [9.17, 15) is 14.9 Å². The van der Waals surface area contributed by atoms with Crippen molar-refractivity contribution in [1.82, 2.24) is 9.38 Å². The molecule has 34 heavy (non-hydrogen) atoms. The molecule has 9 heteroatoms. The third kappa shape index (κ3) is 4.94. The molecule has 168 valence electrons. The van der Waals surface area contributed by atoms with Gasteiger partial charge in [0.2, 0.25) is 5.88 Å². The first-order valence-electron chi connectivity index (χ1n) is 10.00. The highest BCUT2D eigenvalue weighted by atomic mass is 35.5. The number of ether oxygens (including phenoxy) is 1. The monoisotopic (exact) mass is 490 g/mol. The largest absolute Gasteiger partial charge is 0.437 e. The fourth-order valence-corrected chi connectivity index (χ4v) is 3.61. The van der Waals surface area contributed by atoms with Crippen LogP contribution in [-0.2, 0) is 4.79 Å². The third-order valence-electron chi connectivity index (χ3n) is 4.76. The molecule has 1 amide bonds. The summed E-state index contributed by atoms with van der Waals surface area (Å²) in [5.74, 6) is -0.590. The number of aromatic nitrogens is 2. The lowest BCUT2D eigenvalue weighted by molar-refractivity contribution is -0.112. The number of halogens is 2. The van der Waals surface area contributed by atoms with Gasteiger partial charge in [-0.15, -0.1) is 0 Å². The maximum Gasteiger partial charge on any atom is 0.269 e. The van der Waals surface area contributed by atoms with Crippen LogP contribution in [0.2, 0.25) is 10.0 Å². The minimum Gasteiger partial charge on any atom is -0.437 e. The van der Waals surface area contributed by atoms with Gasteiger partial charge in [-0.3, -0.25) is 14.0 Å². The number of nitrogens with zero attached hydrogens (tertiary/aromatic N) is 3. The van der Waals surface area contributed by atoms with E-state index in [0.717, 1.165) is 11.6 Å². The Bertz CT molecular complexity index is 1550. The normalized spacial score (nSPS) is 11.2. The van der Waals surface area contributed by atoms with Crippen LogP contribution in [0, 0.1) is 18.3 Å². The van der Waals surface area contributed by atoms with Gasteiger partial charge >= 0.3 is 0 Å². The molecule has 0 fully saturated rings. The number of hydrogen-bond acceptors (Lipinski definition) is 5. The molecule has 7 nitrogen and oxygen atoms in total. The van der Waals surface area contributed by atoms with Crippen molar-refractivity contribution in [3.63, 3.8) is 0 Å². The second kappa shape index (κ2) is 9.79. The Labute approximate surface area is 204 Å². The van der Waals surface area contributed by atoms with Gasteiger partial charge in [-0.2, -0.15) is 10.2 Å². The molecule has 2 heterocycles. The second-order valence-electron chi connectivity index (χ2n) is 7.23. The van der Waals surface area contributed by atoms with E-state index in [2.05, 4.69) is 10.3 Å². The summed E-state index contributed by atoms with van der Waals surface area (Å²) in [7, 11) is 0. The molecule has 0 spiro atoms. The van der Waals surface area contributed by atoms with Crippen molar-refractivity contribution in [2.45, 2.75) is 6.92 Å². The van der Waals surface area contributed by atoms with E-state index in [0.29, 0.717) is 16.4 Å². The van der Waals surface area contributed by atoms with Crippen LogP contribution in [0.5, 0.6) is 11.6 Å². The Hall–Kier alpha value is -4.12. The number of anilines is 1. The predicted octanol–water partition coefficient (Wildman–Crippen LogP) is 5.65. The van der Waals surface area contributed by atoms with Crippen molar-refractivity contribution >= 4 is 46.5 Å². The van der Waals surface area contributed by atoms with Gasteiger partial charge in [-0.1, -0.05) is 41.4 Å². The van der Waals surface area contributed by atoms with E-state index in [1.165, 1.54) is 22.7 Å². The maximum atomic E-state index is 13.3. The number of rotatable bonds is 5. The number of carbonyl (C=O) groups is 1. The van der Waals surface area contributed by atoms with Crippen molar-refractivity contribution in [2.75, 3.05) is 5.32 Å². The van der Waals surface area contributed by atoms with Crippen LogP contribution in [0.25, 0.3) is 11.7 Å². The summed E-state index contributed by atoms with van der Waals surface area (Å²) in [5.41, 5.74) is 0.847. The van der Waals surface area contributed by atoms with Gasteiger partial charge < -0.3 is 10.1 Å². The van der Waals surface area contributed by atoms with E-state index in [4.69, 9.17) is 27.9 Å². The zero-order valence-corrected chi connectivity index (χ0v) is 19.3. The lowest BCUT2D eigenvalue weighted by atomic mass is 10.1. The first-order chi connectivity index (χ1) is 16.4. The molecule has 0 radical (unpaired) electrons. The standard InChI is InChI=1S/C25H16Cl2N4O3/c1-15-5-4-6-18(11-15)29-23(32)16(14-28)12-19-24(34-21-9-8-17(26)13-20(21)27)30-22-7-2-3-10-31(22)25(19)33/h2-13H,1H3,(H,29,32)/b16-12-. The molecular weight excluding hydrogens is 475 g/mol. The van der Waals surface area contributed by atoms with Gasteiger partial charge in [0.15, 0.2) is 0 Å². The summed E-state index contributed by atoms with van der Waals surface area (Å²) in [6.45, 7) is 1.88. The SMILES string of the molecule is Cc1cccc(NC(=O)/C(C#N)=C\c2c(Oc3ccc(Cl)cc3Cl)nc3ccccn3c2=O)c1. The fourth-order valence-electron chi connectivity index (χ4n) is 3.16. The van der Waals surface area contributed by atoms with E-state index < -0.39 is 11.5 Å². The zero-order chi connectivity index (χ0) is 24.2. The Morgan fingerprint density at radius 1 is 1.15 bits per heavy atom. The van der Waals surface area contributed by atoms with Gasteiger partial charge in [-0.25, -0.2) is 0 Å². The highest BCUT2D eigenvalue weighted by molar-refractivity contribution is 6.35. The van der Waals surface area contributed by atoms with Gasteiger partial charge in [-0.05, 0) is 61.0 Å². The molecule has 0 unspecified atom stereocenters. The van der Waals surface area contributed by atoms with E-state index in [1.54, 1.807) is 42.5 Å². The number of carbonyl (C=O) groups excluding carboxylic acids is 1. The van der Waals surface area contributed by atoms with E-state index >= 15 is 0 Å². The van der Waals surface area contributed by atoms with Crippen molar-refractivity contribution < 1.29 is 9.53 Å². The summed E-state index contributed by atoms with van der Waals surface area (Å²) in [6, 6.07) is 18.6. The van der Waals surface area contributed by atoms with Crippen molar-refractivity contribution in [3.05, 3.63) is 104 Å². The van der Waals surface area contributed by atoms with E-state index in [1.807, 2.05) is 19.1 Å². The Morgan fingerprint density at radius 2 is 1.97 bits per heavy atom. The van der Waals surface area contributed by atoms with Crippen LogP contribution < -0.4 is 15.6 Å². The number of hydrogen-bond donors (Lipinski definition) is 1. The minimum absolute atomic E-state index is 0.0920. The maximum absolute atomic E-state index is 13.3. The number of fused-ring (bicyclic) bond motifs is 1. The summed E-state index contributed by atoms with van der Waals surface area (Å²) in [6.07, 6.45) is 2.68. The molecule has 0 aliphatic rings. The van der Waals surface area contributed by atoms with Gasteiger partial charge in [0.25, 0.3) is 11.5 Å². The van der Waals surface area contributed by atoms with Crippen molar-refractivity contribution in [2.24, 2.45) is 0 Å². The highest BCUT2D eigenvalue weighted by Gasteiger charge is 2.18. The first-order valence-corrected chi connectivity index (χ1v) is 10.8. The molecule has 0 saturated carbocycles. The number of amides is 1. The van der Waals surface area contributed by atoms with Crippen LogP contribution in [0.1, 0.15) is 11.1 Å². The molecule has 4 rings (SSSR count). The molecule has 0 aliphatic carbocycles. The molecular formula is C25H16Cl2N4O3. The van der Waals surface area contributed by atoms with Gasteiger partial charge in [0.1, 0.15) is 28.6 Å². The lowest BCUT2D eigenvalue weighted by Crippen LogP contribution is -2.20. The van der Waals surface area contributed by atoms with Crippen LogP contribution >= 0.6 is 23.2 Å². The smallest absolute Gasteiger partial charge is 0.269 e. The topological polar surface area (TPSA) is 96.5 Å². The summed E-state index contributed by atoms with van der Waals surface area (Å²) in [5, 5.41) is 12.9. The molecule has 0 bridgehead atoms. The minimum atomic E-state index is -0.680. The third-order valence-corrected chi connectivity index (χ3v) is 5.29. The number of nitrogens with one attached hydrogen (secondary N) is 1. The molecule has 2 aromatic carbocycles. The summed E-state index contributed by atoms with van der Waals surface area (Å²) < 4.78 is 7.13. The molecule has 0 aliphatic heterocycles. The fraction of sp³-hybridized carbons (Fsp3) is 0.0400. The van der Waals surface area contributed by atoms with E-state index in [-0.39, 0.29) is 27.8 Å². The Balaban J connectivity index is 1.82. The summed E-state index contributed by atoms with van der Waals surface area (Å²) in [4.78, 5) is 30.4. The second-order valence-corrected chi connectivity index (χ2v) is 8.08.